The van der Waals surface area contributed by atoms with Crippen molar-refractivity contribution in [2.24, 2.45) is 0 Å². The SMILES string of the molecule is COc1ccc(OCCN(C)CC(=O)Nc2ccc(C)cc2)cc1. The zero-order valence-electron chi connectivity index (χ0n) is 14.4. The number of hydrogen-bond acceptors (Lipinski definition) is 4. The monoisotopic (exact) mass is 328 g/mol. The van der Waals surface area contributed by atoms with Gasteiger partial charge in [-0.2, -0.15) is 0 Å². The molecule has 1 N–H and O–H groups in total. The molecule has 0 bridgehead atoms. The second-order valence-corrected chi connectivity index (χ2v) is 5.68. The Labute approximate surface area is 143 Å². The molecule has 0 saturated carbocycles. The molecule has 0 fully saturated rings. The van der Waals surface area contributed by atoms with Gasteiger partial charge >= 0.3 is 0 Å². The number of amides is 1. The fourth-order valence-electron chi connectivity index (χ4n) is 2.15. The summed E-state index contributed by atoms with van der Waals surface area (Å²) in [5.41, 5.74) is 1.98. The molecule has 0 aliphatic heterocycles. The summed E-state index contributed by atoms with van der Waals surface area (Å²) in [5, 5.41) is 2.89. The lowest BCUT2D eigenvalue weighted by atomic mass is 10.2. The van der Waals surface area contributed by atoms with Gasteiger partial charge in [-0.3, -0.25) is 9.69 Å². The number of likely N-dealkylation sites (N-methyl/N-ethyl adjacent to an activating group) is 1. The summed E-state index contributed by atoms with van der Waals surface area (Å²) in [5.74, 6) is 1.55. The van der Waals surface area contributed by atoms with Crippen LogP contribution in [-0.4, -0.2) is 44.7 Å². The van der Waals surface area contributed by atoms with E-state index in [9.17, 15) is 4.79 Å². The first-order valence-corrected chi connectivity index (χ1v) is 7.89. The molecule has 0 aliphatic rings. The van der Waals surface area contributed by atoms with Crippen molar-refractivity contribution in [2.75, 3.05) is 39.2 Å². The number of carbonyl (C=O) groups excluding carboxylic acids is 1. The van der Waals surface area contributed by atoms with E-state index in [1.54, 1.807) is 7.11 Å². The molecule has 0 atom stereocenters. The second-order valence-electron chi connectivity index (χ2n) is 5.68. The summed E-state index contributed by atoms with van der Waals surface area (Å²) in [7, 11) is 3.53. The summed E-state index contributed by atoms with van der Waals surface area (Å²) in [4.78, 5) is 13.9. The van der Waals surface area contributed by atoms with Crippen LogP contribution in [0.4, 0.5) is 5.69 Å². The highest BCUT2D eigenvalue weighted by molar-refractivity contribution is 5.92. The maximum Gasteiger partial charge on any atom is 0.238 e. The van der Waals surface area contributed by atoms with E-state index in [-0.39, 0.29) is 5.91 Å². The number of aryl methyl sites for hydroxylation is 1. The van der Waals surface area contributed by atoms with E-state index in [4.69, 9.17) is 9.47 Å². The zero-order chi connectivity index (χ0) is 17.4. The van der Waals surface area contributed by atoms with Gasteiger partial charge in [0.2, 0.25) is 5.91 Å². The number of anilines is 1. The summed E-state index contributed by atoms with van der Waals surface area (Å²) in [6.07, 6.45) is 0. The van der Waals surface area contributed by atoms with E-state index >= 15 is 0 Å². The van der Waals surface area contributed by atoms with Crippen molar-refractivity contribution in [3.05, 3.63) is 54.1 Å². The highest BCUT2D eigenvalue weighted by atomic mass is 16.5. The molecule has 2 rings (SSSR count). The van der Waals surface area contributed by atoms with Gasteiger partial charge in [0.05, 0.1) is 13.7 Å². The minimum absolute atomic E-state index is 0.0363. The molecule has 2 aromatic rings. The molecule has 0 heterocycles. The highest BCUT2D eigenvalue weighted by Crippen LogP contribution is 2.16. The van der Waals surface area contributed by atoms with Crippen molar-refractivity contribution in [1.82, 2.24) is 4.90 Å². The van der Waals surface area contributed by atoms with E-state index < -0.39 is 0 Å². The first kappa shape index (κ1) is 17.8. The van der Waals surface area contributed by atoms with E-state index in [1.807, 2.05) is 67.4 Å². The van der Waals surface area contributed by atoms with Crippen LogP contribution in [0.1, 0.15) is 5.56 Å². The molecule has 128 valence electrons. The fourth-order valence-corrected chi connectivity index (χ4v) is 2.15. The van der Waals surface area contributed by atoms with Crippen LogP contribution < -0.4 is 14.8 Å². The summed E-state index contributed by atoms with van der Waals surface area (Å²) in [6, 6.07) is 15.2. The largest absolute Gasteiger partial charge is 0.497 e. The Bertz CT molecular complexity index is 639. The third-order valence-electron chi connectivity index (χ3n) is 3.55. The van der Waals surface area contributed by atoms with Crippen LogP contribution in [0.2, 0.25) is 0 Å². The standard InChI is InChI=1S/C19H24N2O3/c1-15-4-6-16(7-5-15)20-19(22)14-21(2)12-13-24-18-10-8-17(23-3)9-11-18/h4-11H,12-14H2,1-3H3,(H,20,22). The van der Waals surface area contributed by atoms with E-state index in [0.29, 0.717) is 19.7 Å². The summed E-state index contributed by atoms with van der Waals surface area (Å²) < 4.78 is 10.8. The van der Waals surface area contributed by atoms with Crippen LogP contribution >= 0.6 is 0 Å². The molecule has 24 heavy (non-hydrogen) atoms. The minimum Gasteiger partial charge on any atom is -0.497 e. The van der Waals surface area contributed by atoms with E-state index in [1.165, 1.54) is 5.56 Å². The summed E-state index contributed by atoms with van der Waals surface area (Å²) >= 11 is 0. The van der Waals surface area contributed by atoms with Gasteiger partial charge in [0.25, 0.3) is 0 Å². The average Bonchev–Trinajstić information content (AvgIpc) is 2.57. The van der Waals surface area contributed by atoms with Crippen molar-refractivity contribution in [3.63, 3.8) is 0 Å². The zero-order valence-corrected chi connectivity index (χ0v) is 14.4. The molecule has 2 aromatic carbocycles. The number of methoxy groups -OCH3 is 1. The lowest BCUT2D eigenvalue weighted by Gasteiger charge is -2.16. The van der Waals surface area contributed by atoms with Crippen molar-refractivity contribution < 1.29 is 14.3 Å². The van der Waals surface area contributed by atoms with Crippen LogP contribution in [-0.2, 0) is 4.79 Å². The number of nitrogens with one attached hydrogen (secondary N) is 1. The molecule has 0 aliphatic carbocycles. The minimum atomic E-state index is -0.0363. The fraction of sp³-hybridized carbons (Fsp3) is 0.316. The van der Waals surface area contributed by atoms with Crippen LogP contribution in [0, 0.1) is 6.92 Å². The Kier molecular flexibility index (Phi) is 6.63. The number of hydrogen-bond donors (Lipinski definition) is 1. The Morgan fingerprint density at radius 2 is 1.67 bits per heavy atom. The maximum absolute atomic E-state index is 12.0. The average molecular weight is 328 g/mol. The van der Waals surface area contributed by atoms with E-state index in [2.05, 4.69) is 5.32 Å². The third kappa shape index (κ3) is 5.93. The second kappa shape index (κ2) is 8.93. The van der Waals surface area contributed by atoms with Crippen molar-refractivity contribution in [1.29, 1.82) is 0 Å². The van der Waals surface area contributed by atoms with Gasteiger partial charge in [-0.15, -0.1) is 0 Å². The van der Waals surface area contributed by atoms with Gasteiger partial charge in [-0.05, 0) is 50.4 Å². The maximum atomic E-state index is 12.0. The normalized spacial score (nSPS) is 10.5. The third-order valence-corrected chi connectivity index (χ3v) is 3.55. The van der Waals surface area contributed by atoms with Crippen LogP contribution in [0.3, 0.4) is 0 Å². The van der Waals surface area contributed by atoms with Gasteiger partial charge in [0.1, 0.15) is 18.1 Å². The van der Waals surface area contributed by atoms with Crippen LogP contribution in [0.25, 0.3) is 0 Å². The van der Waals surface area contributed by atoms with E-state index in [0.717, 1.165) is 17.2 Å². The number of benzene rings is 2. The van der Waals surface area contributed by atoms with Gasteiger partial charge in [-0.1, -0.05) is 17.7 Å². The highest BCUT2D eigenvalue weighted by Gasteiger charge is 2.07. The molecular formula is C19H24N2O3. The quantitative estimate of drug-likeness (QED) is 0.809. The molecule has 0 unspecified atom stereocenters. The van der Waals surface area contributed by atoms with Gasteiger partial charge in [-0.25, -0.2) is 0 Å². The predicted octanol–water partition coefficient (Wildman–Crippen LogP) is 2.95. The smallest absolute Gasteiger partial charge is 0.238 e. The number of carbonyl (C=O) groups is 1. The van der Waals surface area contributed by atoms with Gasteiger partial charge < -0.3 is 14.8 Å². The molecule has 0 saturated heterocycles. The Morgan fingerprint density at radius 1 is 1.04 bits per heavy atom. The first-order chi connectivity index (χ1) is 11.6. The topological polar surface area (TPSA) is 50.8 Å². The predicted molar refractivity (Wildman–Crippen MR) is 95.8 cm³/mol. The molecule has 0 spiro atoms. The number of rotatable bonds is 8. The van der Waals surface area contributed by atoms with Gasteiger partial charge in [0, 0.05) is 12.2 Å². The van der Waals surface area contributed by atoms with Crippen LogP contribution in [0.15, 0.2) is 48.5 Å². The Balaban J connectivity index is 1.69. The molecule has 5 nitrogen and oxygen atoms in total. The number of nitrogens with zero attached hydrogens (tertiary/aromatic N) is 1. The lowest BCUT2D eigenvalue weighted by molar-refractivity contribution is -0.117. The molecule has 5 heteroatoms. The van der Waals surface area contributed by atoms with Crippen molar-refractivity contribution >= 4 is 11.6 Å². The Hall–Kier alpha value is -2.53. The molecule has 0 aromatic heterocycles. The van der Waals surface area contributed by atoms with Crippen molar-refractivity contribution in [2.45, 2.75) is 6.92 Å². The molecule has 1 amide bonds. The lowest BCUT2D eigenvalue weighted by Crippen LogP contribution is -2.33. The summed E-state index contributed by atoms with van der Waals surface area (Å²) in [6.45, 7) is 3.51. The van der Waals surface area contributed by atoms with Gasteiger partial charge in [0.15, 0.2) is 0 Å². The Morgan fingerprint density at radius 3 is 2.29 bits per heavy atom. The van der Waals surface area contributed by atoms with Crippen LogP contribution in [0.5, 0.6) is 11.5 Å². The molecule has 0 radical (unpaired) electrons. The van der Waals surface area contributed by atoms with Crippen molar-refractivity contribution in [3.8, 4) is 11.5 Å². The molecular weight excluding hydrogens is 304 g/mol. The first-order valence-electron chi connectivity index (χ1n) is 7.89. The number of ether oxygens (including phenoxy) is 2.